The Morgan fingerprint density at radius 2 is 1.92 bits per heavy atom. The number of carboxylic acid groups (broad SMARTS) is 1. The molecule has 1 aliphatic heterocycles. The molecule has 0 aliphatic carbocycles. The number of carbonyl (C=O) groups excluding carboxylic acids is 3. The molecule has 1 heterocycles. The summed E-state index contributed by atoms with van der Waals surface area (Å²) in [6.45, 7) is 1.39. The van der Waals surface area contributed by atoms with Crippen LogP contribution in [0.15, 0.2) is 35.6 Å². The summed E-state index contributed by atoms with van der Waals surface area (Å²) in [7, 11) is 0. The van der Waals surface area contributed by atoms with Gasteiger partial charge in [-0.15, -0.1) is 0 Å². The van der Waals surface area contributed by atoms with Gasteiger partial charge in [-0.25, -0.2) is 4.39 Å². The van der Waals surface area contributed by atoms with Crippen molar-refractivity contribution in [3.8, 4) is 0 Å². The summed E-state index contributed by atoms with van der Waals surface area (Å²) in [5, 5.41) is 20.5. The smallest absolute Gasteiger partial charge is 0.290 e. The molecule has 1 aromatic carbocycles. The summed E-state index contributed by atoms with van der Waals surface area (Å²) >= 11 is 0. The van der Waals surface area contributed by atoms with Gasteiger partial charge >= 0.3 is 0 Å². The zero-order valence-electron chi connectivity index (χ0n) is 13.8. The minimum atomic E-state index is -1.14. The molecule has 0 radical (unpaired) electrons. The molecule has 0 spiro atoms. The van der Waals surface area contributed by atoms with Gasteiger partial charge in [0, 0.05) is 18.1 Å². The van der Waals surface area contributed by atoms with Crippen molar-refractivity contribution in [2.45, 2.75) is 38.6 Å². The number of Topliss-reactive ketones (excluding diaryl/α,β-unsaturated/α-hetero) is 1. The van der Waals surface area contributed by atoms with Gasteiger partial charge in [0.1, 0.15) is 5.82 Å². The molecule has 0 fully saturated rings. The van der Waals surface area contributed by atoms with Gasteiger partial charge in [0.05, 0.1) is 11.6 Å². The first-order chi connectivity index (χ1) is 11.8. The van der Waals surface area contributed by atoms with E-state index in [2.05, 4.69) is 0 Å². The molecule has 1 amide bonds. The number of unbranched alkanes of at least 4 members (excludes halogenated alkanes) is 2. The van der Waals surface area contributed by atoms with Gasteiger partial charge in [-0.3, -0.25) is 9.59 Å². The highest BCUT2D eigenvalue weighted by Gasteiger charge is 2.42. The van der Waals surface area contributed by atoms with Crippen LogP contribution in [0.2, 0.25) is 0 Å². The van der Waals surface area contributed by atoms with Crippen LogP contribution in [0.4, 0.5) is 4.39 Å². The molecule has 0 unspecified atom stereocenters. The van der Waals surface area contributed by atoms with Crippen molar-refractivity contribution in [1.82, 2.24) is 4.90 Å². The number of ketones is 1. The average Bonchev–Trinajstić information content (AvgIpc) is 2.79. The van der Waals surface area contributed by atoms with Crippen LogP contribution in [0, 0.1) is 5.82 Å². The van der Waals surface area contributed by atoms with Crippen LogP contribution < -0.4 is 5.11 Å². The van der Waals surface area contributed by atoms with Crippen LogP contribution in [0.25, 0.3) is 0 Å². The third-order valence-corrected chi connectivity index (χ3v) is 4.16. The second kappa shape index (κ2) is 7.92. The minimum absolute atomic E-state index is 0.0765. The van der Waals surface area contributed by atoms with E-state index in [9.17, 15) is 29.0 Å². The normalized spacial score (nSPS) is 17.3. The summed E-state index contributed by atoms with van der Waals surface area (Å²) in [6.07, 6.45) is 1.31. The molecule has 1 aliphatic rings. The van der Waals surface area contributed by atoms with Crippen molar-refractivity contribution >= 4 is 17.7 Å². The Balaban J connectivity index is 2.22. The Labute approximate surface area is 144 Å². The molecule has 134 valence electrons. The molecule has 1 aromatic rings. The lowest BCUT2D eigenvalue weighted by Crippen LogP contribution is -2.32. The van der Waals surface area contributed by atoms with Gasteiger partial charge in [-0.1, -0.05) is 24.6 Å². The van der Waals surface area contributed by atoms with Gasteiger partial charge in [-0.2, -0.15) is 0 Å². The number of aliphatic hydroxyl groups excluding tert-OH is 1. The number of carboxylic acids is 1. The van der Waals surface area contributed by atoms with Crippen LogP contribution >= 0.6 is 0 Å². The van der Waals surface area contributed by atoms with Crippen LogP contribution in [0.3, 0.4) is 0 Å². The lowest BCUT2D eigenvalue weighted by atomic mass is 9.96. The van der Waals surface area contributed by atoms with E-state index in [1.807, 2.05) is 0 Å². The third kappa shape index (κ3) is 4.04. The molecule has 0 bridgehead atoms. The number of benzene rings is 1. The zero-order valence-corrected chi connectivity index (χ0v) is 13.8. The van der Waals surface area contributed by atoms with Crippen LogP contribution in [-0.4, -0.2) is 34.2 Å². The highest BCUT2D eigenvalue weighted by molar-refractivity contribution is 6.08. The Kier molecular flexibility index (Phi) is 5.90. The van der Waals surface area contributed by atoms with E-state index in [0.717, 1.165) is 0 Å². The highest BCUT2D eigenvalue weighted by Crippen LogP contribution is 2.38. The van der Waals surface area contributed by atoms with E-state index in [0.29, 0.717) is 19.3 Å². The Hall–Kier alpha value is -2.70. The summed E-state index contributed by atoms with van der Waals surface area (Å²) in [5.41, 5.74) is 0.0182. The van der Waals surface area contributed by atoms with E-state index in [1.165, 1.54) is 30.0 Å². The largest absolute Gasteiger partial charge is 0.550 e. The number of carbonyl (C=O) groups is 3. The quantitative estimate of drug-likeness (QED) is 0.717. The second-order valence-electron chi connectivity index (χ2n) is 5.92. The lowest BCUT2D eigenvalue weighted by Gasteiger charge is -2.27. The first-order valence-electron chi connectivity index (χ1n) is 8.04. The van der Waals surface area contributed by atoms with E-state index in [4.69, 9.17) is 0 Å². The molecular weight excluding hydrogens is 329 g/mol. The number of hydrogen-bond donors (Lipinski definition) is 1. The molecule has 0 saturated carbocycles. The van der Waals surface area contributed by atoms with Gasteiger partial charge < -0.3 is 19.9 Å². The van der Waals surface area contributed by atoms with Crippen LogP contribution in [0.1, 0.15) is 44.2 Å². The maximum absolute atomic E-state index is 14.2. The monoisotopic (exact) mass is 348 g/mol. The van der Waals surface area contributed by atoms with Gasteiger partial charge in [0.25, 0.3) is 5.91 Å². The highest BCUT2D eigenvalue weighted by atomic mass is 19.1. The average molecular weight is 348 g/mol. The number of hydrogen-bond acceptors (Lipinski definition) is 5. The predicted molar refractivity (Wildman–Crippen MR) is 84.7 cm³/mol. The van der Waals surface area contributed by atoms with Crippen molar-refractivity contribution < 1.29 is 29.0 Å². The summed E-state index contributed by atoms with van der Waals surface area (Å²) in [4.78, 5) is 35.9. The standard InChI is InChI=1S/C18H20FNO5/c1-11(21)15-16(12-7-4-5-8-13(12)19)20(18(25)17(15)24)10-6-2-3-9-14(22)23/h4-5,7-8,16,24H,2-3,6,9-10H2,1H3,(H,22,23)/p-1/t16-/m1/s1. The first-order valence-corrected chi connectivity index (χ1v) is 8.04. The number of aliphatic carboxylic acids is 1. The van der Waals surface area contributed by atoms with E-state index >= 15 is 0 Å². The maximum atomic E-state index is 14.2. The van der Waals surface area contributed by atoms with Crippen molar-refractivity contribution in [2.24, 2.45) is 0 Å². The molecular formula is C18H19FNO5-. The molecule has 0 saturated heterocycles. The number of halogens is 1. The fraction of sp³-hybridized carbons (Fsp3) is 0.389. The van der Waals surface area contributed by atoms with E-state index in [1.54, 1.807) is 6.07 Å². The number of aliphatic hydroxyl groups is 1. The summed E-state index contributed by atoms with van der Waals surface area (Å²) in [6, 6.07) is 4.81. The molecule has 2 rings (SSSR count). The number of rotatable bonds is 8. The zero-order chi connectivity index (χ0) is 18.6. The lowest BCUT2D eigenvalue weighted by molar-refractivity contribution is -0.305. The molecule has 25 heavy (non-hydrogen) atoms. The van der Waals surface area contributed by atoms with Gasteiger partial charge in [0.15, 0.2) is 11.5 Å². The van der Waals surface area contributed by atoms with Crippen LogP contribution in [0.5, 0.6) is 0 Å². The van der Waals surface area contributed by atoms with Crippen molar-refractivity contribution in [3.63, 3.8) is 0 Å². The predicted octanol–water partition coefficient (Wildman–Crippen LogP) is 1.42. The molecule has 1 N–H and O–H groups in total. The van der Waals surface area contributed by atoms with E-state index < -0.39 is 35.3 Å². The summed E-state index contributed by atoms with van der Waals surface area (Å²) < 4.78 is 14.2. The van der Waals surface area contributed by atoms with Crippen LogP contribution in [-0.2, 0) is 14.4 Å². The Morgan fingerprint density at radius 1 is 1.24 bits per heavy atom. The van der Waals surface area contributed by atoms with Crippen molar-refractivity contribution in [1.29, 1.82) is 0 Å². The fourth-order valence-electron chi connectivity index (χ4n) is 2.99. The topological polar surface area (TPSA) is 97.7 Å². The van der Waals surface area contributed by atoms with E-state index in [-0.39, 0.29) is 24.1 Å². The molecule has 6 nitrogen and oxygen atoms in total. The maximum Gasteiger partial charge on any atom is 0.290 e. The summed E-state index contributed by atoms with van der Waals surface area (Å²) in [5.74, 6) is -3.59. The number of nitrogens with zero attached hydrogens (tertiary/aromatic N) is 1. The second-order valence-corrected chi connectivity index (χ2v) is 5.92. The molecule has 1 atom stereocenters. The fourth-order valence-corrected chi connectivity index (χ4v) is 2.99. The molecule has 0 aromatic heterocycles. The Bertz CT molecular complexity index is 728. The minimum Gasteiger partial charge on any atom is -0.550 e. The van der Waals surface area contributed by atoms with Gasteiger partial charge in [-0.05, 0) is 32.3 Å². The van der Waals surface area contributed by atoms with Gasteiger partial charge in [0.2, 0.25) is 0 Å². The van der Waals surface area contributed by atoms with Crippen molar-refractivity contribution in [2.75, 3.05) is 6.54 Å². The Morgan fingerprint density at radius 3 is 2.52 bits per heavy atom. The molecule has 7 heteroatoms. The SMILES string of the molecule is CC(=O)C1=C(O)C(=O)N(CCCCCC(=O)[O-])[C@@H]1c1ccccc1F. The number of amides is 1. The van der Waals surface area contributed by atoms with Crippen molar-refractivity contribution in [3.05, 3.63) is 47.0 Å². The first kappa shape index (κ1) is 18.6. The third-order valence-electron chi connectivity index (χ3n) is 4.16.